The number of hydrogen-bond acceptors (Lipinski definition) is 22. The molecule has 2 aliphatic rings. The van der Waals surface area contributed by atoms with E-state index in [0.29, 0.717) is 40.4 Å². The molecule has 39 nitrogen and oxygen atoms in total. The van der Waals surface area contributed by atoms with Crippen LogP contribution >= 0.6 is 0 Å². The standard InChI is InChI=1S/C76H109N17O22.Ga/c1-45(2)32-54(68(107)87-58(72(111)89-61(44-95)75(114)115)36-49-38-80-52-17-10-9-16-51(49)52)83-69(108)57(35-48-19-21-50(96)22-20-48)84-67(106)53(18-11-23-79-76(77)78)82-74(113)60(43-94)88-71(110)56(34-47-14-7-4-8-15-47)85-70(109)55(33-46-12-5-3-6-13-46)86-73(112)59(37-63(98)99)81-62(97)39-90-24-26-91(40-64(100)101)28-30-93(42-66(104)105)31-29-92(27-25-90)41-65(102)103;/h4,7-10,14-17,19-22,38,45-46,53-61,80,94-96H,3,5-6,11-13,18,23-37,39-44H2,1-2H3,(H,81,97)(H,82,113)(H,83,108)(H,84,106)(H,85,109)(H,86,112)(H,87,107)(H,88,110)(H,89,111)(H,98,99)(H,100,101)(H,102,103)(H,104,105)(H,114,115)(H4,77,78,79);/t53?,54-,55-,56?,57-,58-,59+,60?,61-;/m0./s1/i;1-2. The van der Waals surface area contributed by atoms with Crippen molar-refractivity contribution in [3.05, 3.63) is 102 Å². The number of aliphatic carboxylic acids is 5. The summed E-state index contributed by atoms with van der Waals surface area (Å²) in [5.41, 5.74) is 13.3. The van der Waals surface area contributed by atoms with Crippen LogP contribution in [0.3, 0.4) is 0 Å². The van der Waals surface area contributed by atoms with Crippen molar-refractivity contribution in [1.29, 1.82) is 0 Å². The molecule has 1 saturated heterocycles. The molecule has 0 spiro atoms. The topological polar surface area (TPSA) is 602 Å². The number of aromatic nitrogens is 1. The number of phenols is 1. The summed E-state index contributed by atoms with van der Waals surface area (Å²) in [5.74, 6) is -16.7. The Morgan fingerprint density at radius 2 is 0.879 bits per heavy atom. The number of aromatic hydroxyl groups is 1. The third-order valence-corrected chi connectivity index (χ3v) is 19.5. The molecule has 633 valence electrons. The monoisotopic (exact) mass is 1680 g/mol. The van der Waals surface area contributed by atoms with Gasteiger partial charge in [-0.25, -0.2) is 4.79 Å². The number of carboxylic acids is 5. The molecule has 1 aliphatic carbocycles. The van der Waals surface area contributed by atoms with Crippen molar-refractivity contribution in [2.45, 2.75) is 152 Å². The van der Waals surface area contributed by atoms with Gasteiger partial charge in [0.05, 0.1) is 45.8 Å². The molecule has 6 rings (SSSR count). The van der Waals surface area contributed by atoms with Crippen molar-refractivity contribution >= 4 is 120 Å². The van der Waals surface area contributed by atoms with Gasteiger partial charge in [-0.3, -0.25) is 86.9 Å². The molecule has 1 saturated carbocycles. The minimum absolute atomic E-state index is 0. The SMILES string of the molecule is CC(C)C[C@H](NC(=O)[C@H](Cc1ccc(O)cc1)NC(=O)C(CCCN=C(N)N)NC(=O)C(CO)NC(=O)C(Cc1ccccc1)NC(=O)[C@H](CC1CCCCC1)NC(=O)[C@@H](CC(=O)O)NC(=O)CN1CCN(CC(=O)O)CCN(CC(=O)O)CCN(CC(=O)O)CC1)C(=O)N[C@@H](Cc1c[nH]c2ccccc12)C(=O)N[C@@H](CO)C(=O)O.[68Ga]. The first kappa shape index (κ1) is 95.8. The molecule has 9 atom stereocenters. The molecule has 40 heteroatoms. The van der Waals surface area contributed by atoms with Gasteiger partial charge in [-0.1, -0.05) is 107 Å². The largest absolute Gasteiger partial charge is 0.508 e. The first-order valence-electron chi connectivity index (χ1n) is 38.1. The Labute approximate surface area is 682 Å². The minimum atomic E-state index is -1.90. The second-order valence-electron chi connectivity index (χ2n) is 29.1. The van der Waals surface area contributed by atoms with E-state index < -0.39 is 183 Å². The van der Waals surface area contributed by atoms with Crippen LogP contribution in [0.1, 0.15) is 94.7 Å². The van der Waals surface area contributed by atoms with E-state index >= 15 is 0 Å². The summed E-state index contributed by atoms with van der Waals surface area (Å²) in [4.78, 5) is 205. The number of phenolic OH excluding ortho intramolecular Hbond substituents is 1. The number of aliphatic hydroxyl groups is 2. The van der Waals surface area contributed by atoms with Gasteiger partial charge >= 0.3 is 29.8 Å². The number of aromatic amines is 1. The fourth-order valence-corrected chi connectivity index (χ4v) is 13.5. The predicted octanol–water partition coefficient (Wildman–Crippen LogP) is -4.03. The number of benzene rings is 3. The van der Waals surface area contributed by atoms with Crippen LogP contribution in [-0.4, -0.2) is 327 Å². The van der Waals surface area contributed by atoms with Crippen molar-refractivity contribution in [2.24, 2.45) is 28.3 Å². The maximum absolute atomic E-state index is 15.0. The molecule has 1 aliphatic heterocycles. The first-order chi connectivity index (χ1) is 54.7. The number of carboxylic acid groups (broad SMARTS) is 5. The number of carbonyl (C=O) groups is 14. The summed E-state index contributed by atoms with van der Waals surface area (Å²) < 4.78 is 0. The summed E-state index contributed by atoms with van der Waals surface area (Å²) in [6, 6.07) is 6.00. The fraction of sp³-hybridized carbons (Fsp3) is 0.539. The predicted molar refractivity (Wildman–Crippen MR) is 420 cm³/mol. The second kappa shape index (κ2) is 49.2. The summed E-state index contributed by atoms with van der Waals surface area (Å²) in [5, 5.41) is 104. The summed E-state index contributed by atoms with van der Waals surface area (Å²) in [7, 11) is 0. The molecule has 3 radical (unpaired) electrons. The zero-order chi connectivity index (χ0) is 84.3. The van der Waals surface area contributed by atoms with E-state index in [1.54, 1.807) is 84.4 Å². The number of nitrogens with zero attached hydrogens (tertiary/aromatic N) is 5. The van der Waals surface area contributed by atoms with Crippen molar-refractivity contribution < 1.29 is 108 Å². The van der Waals surface area contributed by atoms with Gasteiger partial charge in [-0.15, -0.1) is 0 Å². The van der Waals surface area contributed by atoms with E-state index in [4.69, 9.17) is 11.5 Å². The van der Waals surface area contributed by atoms with Gasteiger partial charge in [0.2, 0.25) is 53.2 Å². The van der Waals surface area contributed by atoms with Crippen molar-refractivity contribution in [1.82, 2.24) is 72.4 Å². The first-order valence-corrected chi connectivity index (χ1v) is 38.1. The molecule has 4 aromatic rings. The van der Waals surface area contributed by atoms with Gasteiger partial charge in [0.1, 0.15) is 60.1 Å². The van der Waals surface area contributed by atoms with Crippen LogP contribution in [0, 0.1) is 11.8 Å². The van der Waals surface area contributed by atoms with Gasteiger partial charge in [-0.2, -0.15) is 0 Å². The Balaban J connectivity index is 0.0000240. The summed E-state index contributed by atoms with van der Waals surface area (Å²) in [6.07, 6.45) is 3.04. The number of hydrogen-bond donors (Lipinski definition) is 20. The van der Waals surface area contributed by atoms with Gasteiger partial charge in [0.25, 0.3) is 0 Å². The fourth-order valence-electron chi connectivity index (χ4n) is 13.5. The van der Waals surface area contributed by atoms with Crippen molar-refractivity contribution in [3.8, 4) is 5.75 Å². The molecule has 0 bridgehead atoms. The van der Waals surface area contributed by atoms with Crippen LogP contribution in [0.4, 0.5) is 0 Å². The second-order valence-corrected chi connectivity index (χ2v) is 29.1. The number of guanidine groups is 1. The van der Waals surface area contributed by atoms with Crippen LogP contribution in [0.2, 0.25) is 0 Å². The Kier molecular flexibility index (Phi) is 40.7. The Morgan fingerprint density at radius 1 is 0.466 bits per heavy atom. The molecule has 22 N–H and O–H groups in total. The summed E-state index contributed by atoms with van der Waals surface area (Å²) >= 11 is 0. The maximum atomic E-state index is 15.0. The van der Waals surface area contributed by atoms with Crippen molar-refractivity contribution in [2.75, 3.05) is 98.3 Å². The van der Waals surface area contributed by atoms with E-state index in [1.807, 2.05) is 0 Å². The van der Waals surface area contributed by atoms with E-state index in [1.165, 1.54) is 34.1 Å². The third-order valence-electron chi connectivity index (χ3n) is 19.5. The number of nitrogens with one attached hydrogen (secondary N) is 10. The van der Waals surface area contributed by atoms with Crippen LogP contribution in [0.25, 0.3) is 10.9 Å². The van der Waals surface area contributed by atoms with E-state index in [9.17, 15) is 108 Å². The molecule has 3 unspecified atom stereocenters. The van der Waals surface area contributed by atoms with E-state index in [0.717, 1.165) is 19.3 Å². The number of H-pyrrole nitrogens is 1. The number of nitrogens with two attached hydrogens (primary N) is 2. The third kappa shape index (κ3) is 34.0. The number of rotatable bonds is 44. The number of carbonyl (C=O) groups excluding carboxylic acids is 9. The smallest absolute Gasteiger partial charge is 0.328 e. The number of aliphatic hydroxyl groups excluding tert-OH is 2. The van der Waals surface area contributed by atoms with Crippen LogP contribution < -0.4 is 59.3 Å². The molecule has 116 heavy (non-hydrogen) atoms. The van der Waals surface area contributed by atoms with Gasteiger partial charge < -0.3 is 105 Å². The normalized spacial score (nSPS) is 16.5. The number of aliphatic imine (C=N–C) groups is 1. The molecular formula is C76H109GaN17O22. The number of amides is 9. The summed E-state index contributed by atoms with van der Waals surface area (Å²) in [6.45, 7) is -0.184. The van der Waals surface area contributed by atoms with E-state index in [2.05, 4.69) is 57.8 Å². The van der Waals surface area contributed by atoms with Crippen LogP contribution in [-0.2, 0) is 86.4 Å². The maximum Gasteiger partial charge on any atom is 0.328 e. The zero-order valence-electron chi connectivity index (χ0n) is 65.0. The molecule has 2 fully saturated rings. The molecule has 2 heterocycles. The van der Waals surface area contributed by atoms with Crippen LogP contribution in [0.5, 0.6) is 5.75 Å². The van der Waals surface area contributed by atoms with Crippen LogP contribution in [0.15, 0.2) is 90.1 Å². The number of para-hydroxylation sites is 1. The Bertz CT molecular complexity index is 3950. The van der Waals surface area contributed by atoms with E-state index in [-0.39, 0.29) is 147 Å². The van der Waals surface area contributed by atoms with Gasteiger partial charge in [-0.05, 0) is 72.4 Å². The minimum Gasteiger partial charge on any atom is -0.508 e. The molecule has 9 amide bonds. The molecular weight excluding hydrogens is 1570 g/mol. The Morgan fingerprint density at radius 3 is 1.37 bits per heavy atom. The van der Waals surface area contributed by atoms with Gasteiger partial charge in [0, 0.05) is 115 Å². The molecule has 3 aromatic carbocycles. The number of fused-ring (bicyclic) bond motifs is 1. The average molecular weight is 1680 g/mol. The quantitative estimate of drug-likeness (QED) is 0.00868. The molecule has 1 aromatic heterocycles. The Hall–Kier alpha value is -10.8. The average Bonchev–Trinajstić information content (AvgIpc) is 1.64. The van der Waals surface area contributed by atoms with Gasteiger partial charge in [0.15, 0.2) is 5.96 Å². The van der Waals surface area contributed by atoms with Crippen molar-refractivity contribution in [3.63, 3.8) is 0 Å². The zero-order valence-corrected chi connectivity index (χ0v) is 67.4.